The third kappa shape index (κ3) is 5.20. The van der Waals surface area contributed by atoms with Crippen molar-refractivity contribution in [3.05, 3.63) is 36.9 Å². The van der Waals surface area contributed by atoms with Crippen LogP contribution in [0.15, 0.2) is 24.3 Å². The van der Waals surface area contributed by atoms with Gasteiger partial charge in [-0.25, -0.2) is 0 Å². The quantitative estimate of drug-likeness (QED) is 0.578. The van der Waals surface area contributed by atoms with Crippen LogP contribution in [-0.2, 0) is 6.42 Å². The Morgan fingerprint density at radius 2 is 1.56 bits per heavy atom. The van der Waals surface area contributed by atoms with Crippen molar-refractivity contribution in [2.24, 2.45) is 0 Å². The number of unbranched alkanes of at least 4 members (excludes halogenated alkanes) is 5. The lowest BCUT2D eigenvalue weighted by atomic mass is 10.1. The second kappa shape index (κ2) is 8.20. The third-order valence-electron chi connectivity index (χ3n) is 2.88. The van der Waals surface area contributed by atoms with Gasteiger partial charge in [-0.2, -0.15) is 0 Å². The first-order valence-electron chi connectivity index (χ1n) is 6.32. The van der Waals surface area contributed by atoms with E-state index >= 15 is 0 Å². The molecular formula is C15H22O. The molecule has 0 N–H and O–H groups in total. The van der Waals surface area contributed by atoms with Crippen molar-refractivity contribution in [1.29, 1.82) is 0 Å². The first-order chi connectivity index (χ1) is 7.86. The first-order valence-corrected chi connectivity index (χ1v) is 6.32. The molecule has 0 bridgehead atoms. The first kappa shape index (κ1) is 13.1. The Balaban J connectivity index is 2.12. The van der Waals surface area contributed by atoms with Gasteiger partial charge in [-0.1, -0.05) is 51.2 Å². The Labute approximate surface area is 99.8 Å². The molecule has 0 aliphatic rings. The van der Waals surface area contributed by atoms with Crippen molar-refractivity contribution >= 4 is 0 Å². The van der Waals surface area contributed by atoms with Gasteiger partial charge in [-0.3, -0.25) is 0 Å². The predicted molar refractivity (Wildman–Crippen MR) is 68.5 cm³/mol. The van der Waals surface area contributed by atoms with Gasteiger partial charge in [0.1, 0.15) is 5.75 Å². The molecule has 0 fully saturated rings. The zero-order valence-corrected chi connectivity index (χ0v) is 10.2. The van der Waals surface area contributed by atoms with Crippen molar-refractivity contribution in [2.75, 3.05) is 0 Å². The molecule has 1 nitrogen and oxygen atoms in total. The van der Waals surface area contributed by atoms with Crippen LogP contribution in [0.3, 0.4) is 0 Å². The lowest BCUT2D eigenvalue weighted by Crippen LogP contribution is -1.87. The molecule has 1 aromatic carbocycles. The molecular weight excluding hydrogens is 196 g/mol. The maximum atomic E-state index is 5.07. The number of aryl methyl sites for hydroxylation is 1. The topological polar surface area (TPSA) is 9.23 Å². The molecule has 0 aliphatic heterocycles. The van der Waals surface area contributed by atoms with E-state index in [2.05, 4.69) is 23.8 Å². The Bertz CT molecular complexity index is 263. The van der Waals surface area contributed by atoms with E-state index in [4.69, 9.17) is 7.11 Å². The van der Waals surface area contributed by atoms with Crippen LogP contribution in [0.2, 0.25) is 0 Å². The van der Waals surface area contributed by atoms with E-state index in [1.54, 1.807) is 0 Å². The Kier molecular flexibility index (Phi) is 6.71. The highest BCUT2D eigenvalue weighted by molar-refractivity contribution is 5.27. The summed E-state index contributed by atoms with van der Waals surface area (Å²) in [7, 11) is 5.07. The summed E-state index contributed by atoms with van der Waals surface area (Å²) in [6.45, 7) is 2.25. The fourth-order valence-corrected chi connectivity index (χ4v) is 1.84. The standard InChI is InChI=1S/C15H22O/c1-3-4-5-6-7-8-9-14-10-12-15(16-2)13-11-14/h2,10-13H,3-9H2,1H3. The van der Waals surface area contributed by atoms with E-state index in [0.29, 0.717) is 0 Å². The van der Waals surface area contributed by atoms with Crippen molar-refractivity contribution < 1.29 is 4.74 Å². The largest absolute Gasteiger partial charge is 0.482 e. The number of ether oxygens (including phenoxy) is 1. The minimum Gasteiger partial charge on any atom is -0.482 e. The van der Waals surface area contributed by atoms with Gasteiger partial charge in [-0.15, -0.1) is 0 Å². The normalized spacial score (nSPS) is 10.4. The van der Waals surface area contributed by atoms with Crippen LogP contribution in [0.25, 0.3) is 0 Å². The summed E-state index contributed by atoms with van der Waals surface area (Å²) >= 11 is 0. The molecule has 1 rings (SSSR count). The van der Waals surface area contributed by atoms with Gasteiger partial charge in [0.2, 0.25) is 0 Å². The molecule has 0 aliphatic carbocycles. The highest BCUT2D eigenvalue weighted by Crippen LogP contribution is 2.14. The molecule has 0 atom stereocenters. The number of benzene rings is 1. The molecule has 0 amide bonds. The van der Waals surface area contributed by atoms with E-state index < -0.39 is 0 Å². The molecule has 0 saturated carbocycles. The van der Waals surface area contributed by atoms with Gasteiger partial charge in [0.25, 0.3) is 0 Å². The lowest BCUT2D eigenvalue weighted by molar-refractivity contribution is 0.472. The van der Waals surface area contributed by atoms with Gasteiger partial charge in [0.15, 0.2) is 7.11 Å². The Hall–Kier alpha value is -0.980. The van der Waals surface area contributed by atoms with Crippen molar-refractivity contribution in [2.45, 2.75) is 51.9 Å². The number of rotatable bonds is 8. The van der Waals surface area contributed by atoms with E-state index in [9.17, 15) is 0 Å². The van der Waals surface area contributed by atoms with Crippen LogP contribution in [0, 0.1) is 7.11 Å². The van der Waals surface area contributed by atoms with E-state index in [0.717, 1.165) is 12.2 Å². The van der Waals surface area contributed by atoms with Crippen LogP contribution < -0.4 is 4.74 Å². The SMILES string of the molecule is [CH]Oc1ccc(CCCCCCCC)cc1. The summed E-state index contributed by atoms with van der Waals surface area (Å²) in [5, 5.41) is 0. The zero-order valence-electron chi connectivity index (χ0n) is 10.2. The molecule has 0 aromatic heterocycles. The average Bonchev–Trinajstić information content (AvgIpc) is 2.34. The van der Waals surface area contributed by atoms with Crippen molar-refractivity contribution in [3.63, 3.8) is 0 Å². The van der Waals surface area contributed by atoms with Gasteiger partial charge in [0, 0.05) is 0 Å². The zero-order chi connectivity index (χ0) is 11.6. The van der Waals surface area contributed by atoms with E-state index in [1.165, 1.54) is 44.1 Å². The molecule has 0 saturated heterocycles. The van der Waals surface area contributed by atoms with E-state index in [-0.39, 0.29) is 0 Å². The van der Waals surface area contributed by atoms with Crippen LogP contribution >= 0.6 is 0 Å². The van der Waals surface area contributed by atoms with Crippen molar-refractivity contribution in [3.8, 4) is 5.75 Å². The third-order valence-corrected chi connectivity index (χ3v) is 2.88. The highest BCUT2D eigenvalue weighted by atomic mass is 16.5. The molecule has 1 heteroatoms. The summed E-state index contributed by atoms with van der Waals surface area (Å²) in [6.07, 6.45) is 9.25. The molecule has 1 aromatic rings. The van der Waals surface area contributed by atoms with Crippen LogP contribution in [0.5, 0.6) is 5.75 Å². The maximum Gasteiger partial charge on any atom is 0.180 e. The van der Waals surface area contributed by atoms with Gasteiger partial charge in [-0.05, 0) is 30.5 Å². The summed E-state index contributed by atoms with van der Waals surface area (Å²) in [5.74, 6) is 0.728. The molecule has 0 unspecified atom stereocenters. The predicted octanol–water partition coefficient (Wildman–Crippen LogP) is 4.64. The highest BCUT2D eigenvalue weighted by Gasteiger charge is 1.95. The van der Waals surface area contributed by atoms with Gasteiger partial charge < -0.3 is 4.74 Å². The Morgan fingerprint density at radius 1 is 0.938 bits per heavy atom. The monoisotopic (exact) mass is 218 g/mol. The molecule has 16 heavy (non-hydrogen) atoms. The Morgan fingerprint density at radius 3 is 2.19 bits per heavy atom. The molecule has 2 radical (unpaired) electrons. The second-order valence-electron chi connectivity index (χ2n) is 4.28. The van der Waals surface area contributed by atoms with Crippen LogP contribution in [0.4, 0.5) is 0 Å². The summed E-state index contributed by atoms with van der Waals surface area (Å²) < 4.78 is 4.64. The molecule has 0 spiro atoms. The van der Waals surface area contributed by atoms with Crippen LogP contribution in [0.1, 0.15) is 51.0 Å². The smallest absolute Gasteiger partial charge is 0.180 e. The summed E-state index contributed by atoms with van der Waals surface area (Å²) in [6, 6.07) is 8.03. The fraction of sp³-hybridized carbons (Fsp3) is 0.533. The summed E-state index contributed by atoms with van der Waals surface area (Å²) in [5.41, 5.74) is 1.37. The van der Waals surface area contributed by atoms with Gasteiger partial charge in [0.05, 0.1) is 0 Å². The van der Waals surface area contributed by atoms with Crippen molar-refractivity contribution in [1.82, 2.24) is 0 Å². The summed E-state index contributed by atoms with van der Waals surface area (Å²) in [4.78, 5) is 0. The van der Waals surface area contributed by atoms with Crippen LogP contribution in [-0.4, -0.2) is 0 Å². The minimum atomic E-state index is 0.728. The molecule has 88 valence electrons. The second-order valence-corrected chi connectivity index (χ2v) is 4.28. The number of hydrogen-bond donors (Lipinski definition) is 0. The molecule has 0 heterocycles. The minimum absolute atomic E-state index is 0.728. The van der Waals surface area contributed by atoms with E-state index in [1.807, 2.05) is 12.1 Å². The lowest BCUT2D eigenvalue weighted by Gasteiger charge is -2.03. The maximum absolute atomic E-state index is 5.07. The average molecular weight is 218 g/mol. The number of hydrogen-bond acceptors (Lipinski definition) is 1. The van der Waals surface area contributed by atoms with Gasteiger partial charge >= 0.3 is 0 Å². The fourth-order valence-electron chi connectivity index (χ4n) is 1.84.